The Bertz CT molecular complexity index is 1410. The second-order valence-corrected chi connectivity index (χ2v) is 9.53. The molecule has 1 saturated heterocycles. The average molecular weight is 475 g/mol. The number of methoxy groups -OCH3 is 1. The number of likely N-dealkylation sites (tertiary alicyclic amines) is 1. The van der Waals surface area contributed by atoms with Crippen molar-refractivity contribution in [2.75, 3.05) is 39.6 Å². The number of aromatic nitrogens is 5. The minimum Gasteiger partial charge on any atom is -0.379 e. The van der Waals surface area contributed by atoms with Crippen LogP contribution in [-0.2, 0) is 4.74 Å². The van der Waals surface area contributed by atoms with Gasteiger partial charge in [-0.1, -0.05) is 0 Å². The first-order valence-corrected chi connectivity index (χ1v) is 12.1. The van der Waals surface area contributed by atoms with Gasteiger partial charge in [-0.25, -0.2) is 9.97 Å². The third-order valence-electron chi connectivity index (χ3n) is 7.43. The lowest BCUT2D eigenvalue weighted by Gasteiger charge is -2.35. The van der Waals surface area contributed by atoms with Gasteiger partial charge in [0, 0.05) is 56.2 Å². The molecule has 3 atom stereocenters. The third kappa shape index (κ3) is 3.64. The number of hydrogen-bond acceptors (Lipinski definition) is 7. The molecule has 2 aliphatic rings. The lowest BCUT2D eigenvalue weighted by Crippen LogP contribution is -2.51. The van der Waals surface area contributed by atoms with Crippen molar-refractivity contribution in [2.45, 2.75) is 37.5 Å². The summed E-state index contributed by atoms with van der Waals surface area (Å²) >= 11 is 0. The van der Waals surface area contributed by atoms with E-state index < -0.39 is 0 Å². The van der Waals surface area contributed by atoms with Gasteiger partial charge >= 0.3 is 0 Å². The second kappa shape index (κ2) is 8.62. The highest BCUT2D eigenvalue weighted by Crippen LogP contribution is 2.34. The van der Waals surface area contributed by atoms with Crippen molar-refractivity contribution in [3.05, 3.63) is 42.4 Å². The van der Waals surface area contributed by atoms with Crippen LogP contribution in [0.4, 0.5) is 5.82 Å². The van der Waals surface area contributed by atoms with Crippen LogP contribution in [-0.4, -0.2) is 81.4 Å². The van der Waals surface area contributed by atoms with E-state index in [2.05, 4.69) is 44.5 Å². The number of amides is 1. The van der Waals surface area contributed by atoms with E-state index in [1.54, 1.807) is 17.8 Å². The Morgan fingerprint density at radius 2 is 2.11 bits per heavy atom. The van der Waals surface area contributed by atoms with Crippen LogP contribution in [0.15, 0.2) is 36.8 Å². The van der Waals surface area contributed by atoms with Crippen molar-refractivity contribution < 1.29 is 9.53 Å². The Morgan fingerprint density at radius 3 is 2.83 bits per heavy atom. The molecule has 10 nitrogen and oxygen atoms in total. The Kier molecular flexibility index (Phi) is 5.42. The molecular weight excluding hydrogens is 444 g/mol. The molecule has 0 bridgehead atoms. The molecule has 0 radical (unpaired) electrons. The lowest BCUT2D eigenvalue weighted by molar-refractivity contribution is 0.00732. The summed E-state index contributed by atoms with van der Waals surface area (Å²) in [6.45, 7) is 2.06. The zero-order valence-corrected chi connectivity index (χ0v) is 20.2. The number of anilines is 1. The molecule has 10 heteroatoms. The quantitative estimate of drug-likeness (QED) is 0.443. The summed E-state index contributed by atoms with van der Waals surface area (Å²) in [6, 6.07) is 6.40. The van der Waals surface area contributed by atoms with Crippen molar-refractivity contribution >= 4 is 28.4 Å². The molecule has 2 N–H and O–H groups in total. The van der Waals surface area contributed by atoms with Gasteiger partial charge in [0.1, 0.15) is 17.0 Å². The van der Waals surface area contributed by atoms with Crippen LogP contribution in [0.3, 0.4) is 0 Å². The minimum absolute atomic E-state index is 0.0167. The molecule has 1 aliphatic carbocycles. The maximum Gasteiger partial charge on any atom is 0.257 e. The van der Waals surface area contributed by atoms with Gasteiger partial charge in [-0.15, -0.1) is 0 Å². The van der Waals surface area contributed by atoms with Crippen molar-refractivity contribution in [1.29, 1.82) is 0 Å². The zero-order valence-electron chi connectivity index (χ0n) is 20.2. The maximum atomic E-state index is 13.2. The molecule has 1 aliphatic heterocycles. The summed E-state index contributed by atoms with van der Waals surface area (Å²) in [5.74, 6) is 0.574. The summed E-state index contributed by atoms with van der Waals surface area (Å²) in [7, 11) is 5.68. The number of rotatable bonds is 6. The van der Waals surface area contributed by atoms with Gasteiger partial charge in [-0.05, 0) is 45.0 Å². The normalized spacial score (nSPS) is 22.5. The molecular formula is C25H30N8O2. The van der Waals surface area contributed by atoms with E-state index in [1.807, 2.05) is 25.4 Å². The number of hydrogen-bond donors (Lipinski definition) is 2. The fourth-order valence-corrected chi connectivity index (χ4v) is 5.31. The number of ether oxygens (including phenoxy) is 1. The van der Waals surface area contributed by atoms with E-state index in [1.165, 1.54) is 0 Å². The monoisotopic (exact) mass is 474 g/mol. The zero-order chi connectivity index (χ0) is 24.1. The molecule has 5 heterocycles. The summed E-state index contributed by atoms with van der Waals surface area (Å²) in [4.78, 5) is 25.2. The first kappa shape index (κ1) is 22.0. The van der Waals surface area contributed by atoms with Gasteiger partial charge in [0.05, 0.1) is 24.0 Å². The van der Waals surface area contributed by atoms with Crippen molar-refractivity contribution in [1.82, 2.24) is 34.4 Å². The maximum absolute atomic E-state index is 13.2. The van der Waals surface area contributed by atoms with E-state index in [0.29, 0.717) is 17.3 Å². The summed E-state index contributed by atoms with van der Waals surface area (Å²) < 4.78 is 9.40. The number of nitrogens with one attached hydrogen (secondary N) is 2. The third-order valence-corrected chi connectivity index (χ3v) is 7.43. The Morgan fingerprint density at radius 1 is 1.23 bits per heavy atom. The van der Waals surface area contributed by atoms with Crippen LogP contribution in [0.1, 0.15) is 35.7 Å². The molecule has 0 aromatic carbocycles. The molecule has 2 fully saturated rings. The number of likely N-dealkylation sites (N-methyl/N-ethyl adjacent to an activating group) is 1. The van der Waals surface area contributed by atoms with E-state index in [0.717, 1.165) is 60.5 Å². The molecule has 1 saturated carbocycles. The number of pyridine rings is 1. The highest BCUT2D eigenvalue weighted by atomic mass is 16.5. The van der Waals surface area contributed by atoms with Gasteiger partial charge in [0.25, 0.3) is 5.91 Å². The molecule has 4 aromatic heterocycles. The molecule has 182 valence electrons. The number of nitrogens with zero attached hydrogens (tertiary/aromatic N) is 6. The second-order valence-electron chi connectivity index (χ2n) is 9.53. The first-order valence-electron chi connectivity index (χ1n) is 12.1. The molecule has 1 amide bonds. The molecule has 0 spiro atoms. The molecule has 4 aromatic rings. The summed E-state index contributed by atoms with van der Waals surface area (Å²) in [5, 5.41) is 11.8. The fraction of sp³-hybridized carbons (Fsp3) is 0.440. The van der Waals surface area contributed by atoms with Gasteiger partial charge in [0.2, 0.25) is 0 Å². The smallest absolute Gasteiger partial charge is 0.257 e. The highest BCUT2D eigenvalue weighted by molar-refractivity contribution is 6.01. The topological polar surface area (TPSA) is 102 Å². The van der Waals surface area contributed by atoms with Crippen LogP contribution in [0, 0.1) is 0 Å². The lowest BCUT2D eigenvalue weighted by atomic mass is 9.89. The number of carbonyl (C=O) groups is 1. The molecule has 6 rings (SSSR count). The molecule has 1 unspecified atom stereocenters. The van der Waals surface area contributed by atoms with Crippen LogP contribution >= 0.6 is 0 Å². The minimum atomic E-state index is -0.184. The van der Waals surface area contributed by atoms with Crippen LogP contribution < -0.4 is 10.6 Å². The fourth-order valence-electron chi connectivity index (χ4n) is 5.31. The SMILES string of the molecule is CNc1cc(-c2cn([C@H]3CCN(C)C3)c3ncccc23)nc2c(C(=O)NC3CC[C@@H]3OC)cnn12. The predicted molar refractivity (Wildman–Crippen MR) is 134 cm³/mol. The van der Waals surface area contributed by atoms with Gasteiger partial charge in [-0.3, -0.25) is 4.79 Å². The number of carbonyl (C=O) groups excluding carboxylic acids is 1. The number of fused-ring (bicyclic) bond motifs is 2. The van der Waals surface area contributed by atoms with Crippen molar-refractivity contribution in [3.8, 4) is 11.3 Å². The van der Waals surface area contributed by atoms with E-state index in [9.17, 15) is 4.79 Å². The van der Waals surface area contributed by atoms with Crippen LogP contribution in [0.25, 0.3) is 27.9 Å². The standard InChI is InChI=1S/C25H30N8O2/c1-26-22-11-20(18-14-32(15-8-10-31(2)13-15)23-16(18)5-4-9-27-23)29-24-17(12-28-33(22)24)25(34)30-19-6-7-21(19)35-3/h4-5,9,11-12,14-15,19,21,26H,6-8,10,13H2,1-3H3,(H,30,34)/t15-,19?,21-/m0/s1. The van der Waals surface area contributed by atoms with Gasteiger partial charge in [-0.2, -0.15) is 9.61 Å². The Hall–Kier alpha value is -3.50. The highest BCUT2D eigenvalue weighted by Gasteiger charge is 2.33. The Balaban J connectivity index is 1.44. The van der Waals surface area contributed by atoms with E-state index >= 15 is 0 Å². The van der Waals surface area contributed by atoms with Gasteiger partial charge < -0.3 is 24.8 Å². The van der Waals surface area contributed by atoms with E-state index in [4.69, 9.17) is 14.7 Å². The summed E-state index contributed by atoms with van der Waals surface area (Å²) in [6.07, 6.45) is 8.59. The van der Waals surface area contributed by atoms with Gasteiger partial charge in [0.15, 0.2) is 5.65 Å². The molecule has 35 heavy (non-hydrogen) atoms. The first-order chi connectivity index (χ1) is 17.1. The average Bonchev–Trinajstić information content (AvgIpc) is 3.57. The largest absolute Gasteiger partial charge is 0.379 e. The van der Waals surface area contributed by atoms with Crippen LogP contribution in [0.5, 0.6) is 0 Å². The van der Waals surface area contributed by atoms with Crippen molar-refractivity contribution in [2.24, 2.45) is 0 Å². The van der Waals surface area contributed by atoms with Crippen LogP contribution in [0.2, 0.25) is 0 Å². The van der Waals surface area contributed by atoms with E-state index in [-0.39, 0.29) is 18.1 Å². The van der Waals surface area contributed by atoms with Crippen molar-refractivity contribution in [3.63, 3.8) is 0 Å². The summed E-state index contributed by atoms with van der Waals surface area (Å²) in [5.41, 5.74) is 3.69. The Labute approximate surface area is 203 Å². The predicted octanol–water partition coefficient (Wildman–Crippen LogP) is 2.57.